The predicted molar refractivity (Wildman–Crippen MR) is 84.4 cm³/mol. The summed E-state index contributed by atoms with van der Waals surface area (Å²) in [4.78, 5) is 8.40. The third-order valence-corrected chi connectivity index (χ3v) is 5.68. The van der Waals surface area contributed by atoms with Gasteiger partial charge in [-0.05, 0) is 38.1 Å². The lowest BCUT2D eigenvalue weighted by Crippen LogP contribution is -2.45. The molecule has 0 amide bonds. The SMILES string of the molecule is Cc1ccc(C(c2ccc(C)s2)N2CCNCC2)s1. The summed E-state index contributed by atoms with van der Waals surface area (Å²) in [6, 6.07) is 9.56. The highest BCUT2D eigenvalue weighted by Gasteiger charge is 2.26. The zero-order valence-corrected chi connectivity index (χ0v) is 13.1. The Morgan fingerprint density at radius 2 is 1.47 bits per heavy atom. The third-order valence-electron chi connectivity index (χ3n) is 3.58. The molecule has 19 heavy (non-hydrogen) atoms. The van der Waals surface area contributed by atoms with Crippen LogP contribution in [0.25, 0.3) is 0 Å². The molecule has 0 aliphatic carbocycles. The lowest BCUT2D eigenvalue weighted by molar-refractivity contribution is 0.203. The zero-order valence-electron chi connectivity index (χ0n) is 11.5. The molecular weight excluding hydrogens is 272 g/mol. The van der Waals surface area contributed by atoms with Crippen molar-refractivity contribution >= 4 is 22.7 Å². The van der Waals surface area contributed by atoms with Gasteiger partial charge in [-0.2, -0.15) is 0 Å². The fourth-order valence-electron chi connectivity index (χ4n) is 2.64. The summed E-state index contributed by atoms with van der Waals surface area (Å²) in [5.74, 6) is 0. The molecule has 0 unspecified atom stereocenters. The minimum Gasteiger partial charge on any atom is -0.314 e. The summed E-state index contributed by atoms with van der Waals surface area (Å²) in [5.41, 5.74) is 0. The number of hydrogen-bond donors (Lipinski definition) is 1. The molecule has 0 aromatic carbocycles. The fraction of sp³-hybridized carbons (Fsp3) is 0.467. The predicted octanol–water partition coefficient (Wildman–Crippen LogP) is 3.42. The van der Waals surface area contributed by atoms with E-state index in [1.807, 2.05) is 22.7 Å². The van der Waals surface area contributed by atoms with E-state index in [0.29, 0.717) is 6.04 Å². The van der Waals surface area contributed by atoms with Crippen LogP contribution in [0, 0.1) is 13.8 Å². The molecule has 2 nitrogen and oxygen atoms in total. The van der Waals surface area contributed by atoms with Crippen molar-refractivity contribution in [1.82, 2.24) is 10.2 Å². The molecule has 102 valence electrons. The Kier molecular flexibility index (Phi) is 4.03. The molecule has 1 aliphatic rings. The van der Waals surface area contributed by atoms with Crippen molar-refractivity contribution in [2.24, 2.45) is 0 Å². The maximum atomic E-state index is 3.45. The van der Waals surface area contributed by atoms with Crippen molar-refractivity contribution in [1.29, 1.82) is 0 Å². The quantitative estimate of drug-likeness (QED) is 0.932. The first kappa shape index (κ1) is 13.3. The number of piperazine rings is 1. The summed E-state index contributed by atoms with van der Waals surface area (Å²) in [7, 11) is 0. The first-order valence-electron chi connectivity index (χ1n) is 6.81. The topological polar surface area (TPSA) is 15.3 Å². The van der Waals surface area contributed by atoms with Crippen molar-refractivity contribution in [3.05, 3.63) is 43.8 Å². The highest BCUT2D eigenvalue weighted by Crippen LogP contribution is 2.36. The number of aryl methyl sites for hydroxylation is 2. The Balaban J connectivity index is 1.94. The second kappa shape index (κ2) is 5.75. The average Bonchev–Trinajstić information content (AvgIpc) is 3.01. The van der Waals surface area contributed by atoms with Gasteiger partial charge in [0.25, 0.3) is 0 Å². The monoisotopic (exact) mass is 292 g/mol. The summed E-state index contributed by atoms with van der Waals surface area (Å²) >= 11 is 3.88. The molecule has 0 bridgehead atoms. The molecule has 0 atom stereocenters. The maximum absolute atomic E-state index is 3.45. The van der Waals surface area contributed by atoms with E-state index in [9.17, 15) is 0 Å². The molecule has 1 fully saturated rings. The molecule has 1 aliphatic heterocycles. The Labute approximate surface area is 123 Å². The standard InChI is InChI=1S/C15H20N2S2/c1-11-3-5-13(18-11)15(14-6-4-12(2)19-14)17-9-7-16-8-10-17/h3-6,15-16H,7-10H2,1-2H3. The normalized spacial score (nSPS) is 17.2. The van der Waals surface area contributed by atoms with E-state index in [2.05, 4.69) is 48.3 Å². The van der Waals surface area contributed by atoms with Gasteiger partial charge in [-0.15, -0.1) is 22.7 Å². The van der Waals surface area contributed by atoms with Crippen molar-refractivity contribution in [3.8, 4) is 0 Å². The molecule has 4 heteroatoms. The molecule has 2 aromatic rings. The van der Waals surface area contributed by atoms with Crippen LogP contribution in [-0.4, -0.2) is 31.1 Å². The van der Waals surface area contributed by atoms with E-state index in [-0.39, 0.29) is 0 Å². The minimum atomic E-state index is 0.458. The van der Waals surface area contributed by atoms with Crippen molar-refractivity contribution in [3.63, 3.8) is 0 Å². The molecule has 0 spiro atoms. The number of thiophene rings is 2. The van der Waals surface area contributed by atoms with E-state index in [1.165, 1.54) is 19.5 Å². The molecule has 0 saturated carbocycles. The minimum absolute atomic E-state index is 0.458. The molecular formula is C15H20N2S2. The van der Waals surface area contributed by atoms with Gasteiger partial charge in [0.1, 0.15) is 0 Å². The van der Waals surface area contributed by atoms with Gasteiger partial charge in [-0.25, -0.2) is 0 Å². The number of nitrogens with one attached hydrogen (secondary N) is 1. The van der Waals surface area contributed by atoms with E-state index in [0.717, 1.165) is 26.2 Å². The zero-order chi connectivity index (χ0) is 13.2. The summed E-state index contributed by atoms with van der Waals surface area (Å²) in [5, 5.41) is 3.45. The van der Waals surface area contributed by atoms with Gasteiger partial charge in [0.15, 0.2) is 0 Å². The van der Waals surface area contributed by atoms with E-state index in [1.54, 1.807) is 0 Å². The van der Waals surface area contributed by atoms with Crippen LogP contribution in [0.5, 0.6) is 0 Å². The lowest BCUT2D eigenvalue weighted by atomic mass is 10.1. The summed E-state index contributed by atoms with van der Waals surface area (Å²) in [6.45, 7) is 8.87. The van der Waals surface area contributed by atoms with Crippen LogP contribution in [0.2, 0.25) is 0 Å². The summed E-state index contributed by atoms with van der Waals surface area (Å²) < 4.78 is 0. The van der Waals surface area contributed by atoms with Crippen molar-refractivity contribution in [2.75, 3.05) is 26.2 Å². The molecule has 3 rings (SSSR count). The van der Waals surface area contributed by atoms with E-state index >= 15 is 0 Å². The Morgan fingerprint density at radius 1 is 0.947 bits per heavy atom. The highest BCUT2D eigenvalue weighted by atomic mass is 32.1. The molecule has 1 N–H and O–H groups in total. The van der Waals surface area contributed by atoms with E-state index < -0.39 is 0 Å². The molecule has 3 heterocycles. The van der Waals surface area contributed by atoms with Crippen molar-refractivity contribution in [2.45, 2.75) is 19.9 Å². The molecule has 2 aromatic heterocycles. The smallest absolute Gasteiger partial charge is 0.0790 e. The average molecular weight is 292 g/mol. The van der Waals surface area contributed by atoms with Crippen LogP contribution in [0.15, 0.2) is 24.3 Å². The third kappa shape index (κ3) is 2.92. The van der Waals surface area contributed by atoms with Gasteiger partial charge in [0, 0.05) is 45.7 Å². The molecule has 0 radical (unpaired) electrons. The van der Waals surface area contributed by atoms with Crippen molar-refractivity contribution < 1.29 is 0 Å². The Hall–Kier alpha value is -0.680. The number of nitrogens with zero attached hydrogens (tertiary/aromatic N) is 1. The largest absolute Gasteiger partial charge is 0.314 e. The fourth-order valence-corrected chi connectivity index (χ4v) is 4.78. The van der Waals surface area contributed by atoms with Crippen LogP contribution in [-0.2, 0) is 0 Å². The number of rotatable bonds is 3. The Bertz CT molecular complexity index is 498. The van der Waals surface area contributed by atoms with Crippen LogP contribution in [0.4, 0.5) is 0 Å². The first-order valence-corrected chi connectivity index (χ1v) is 8.45. The van der Waals surface area contributed by atoms with Gasteiger partial charge in [0.2, 0.25) is 0 Å². The van der Waals surface area contributed by atoms with Gasteiger partial charge >= 0.3 is 0 Å². The van der Waals surface area contributed by atoms with Gasteiger partial charge in [-0.3, -0.25) is 4.90 Å². The van der Waals surface area contributed by atoms with Crippen LogP contribution in [0.3, 0.4) is 0 Å². The maximum Gasteiger partial charge on any atom is 0.0790 e. The van der Waals surface area contributed by atoms with Crippen LogP contribution < -0.4 is 5.32 Å². The summed E-state index contributed by atoms with van der Waals surface area (Å²) in [6.07, 6.45) is 0. The van der Waals surface area contributed by atoms with Gasteiger partial charge in [0.05, 0.1) is 6.04 Å². The lowest BCUT2D eigenvalue weighted by Gasteiger charge is -2.34. The first-order chi connectivity index (χ1) is 9.24. The number of hydrogen-bond acceptors (Lipinski definition) is 4. The van der Waals surface area contributed by atoms with Crippen LogP contribution >= 0.6 is 22.7 Å². The highest BCUT2D eigenvalue weighted by molar-refractivity contribution is 7.13. The van der Waals surface area contributed by atoms with Crippen LogP contribution in [0.1, 0.15) is 25.6 Å². The second-order valence-electron chi connectivity index (χ2n) is 5.09. The van der Waals surface area contributed by atoms with Gasteiger partial charge < -0.3 is 5.32 Å². The van der Waals surface area contributed by atoms with E-state index in [4.69, 9.17) is 0 Å². The Morgan fingerprint density at radius 3 is 1.89 bits per heavy atom. The molecule has 1 saturated heterocycles. The van der Waals surface area contributed by atoms with Gasteiger partial charge in [-0.1, -0.05) is 0 Å². The second-order valence-corrected chi connectivity index (χ2v) is 7.72.